The van der Waals surface area contributed by atoms with E-state index < -0.39 is 0 Å². The van der Waals surface area contributed by atoms with E-state index in [1.165, 1.54) is 0 Å². The fourth-order valence-electron chi connectivity index (χ4n) is 2.19. The lowest BCUT2D eigenvalue weighted by atomic mass is 10.2. The lowest BCUT2D eigenvalue weighted by molar-refractivity contribution is 0.262. The third kappa shape index (κ3) is 3.77. The molecule has 0 radical (unpaired) electrons. The summed E-state index contributed by atoms with van der Waals surface area (Å²) in [7, 11) is 0. The van der Waals surface area contributed by atoms with Crippen molar-refractivity contribution in [2.45, 2.75) is 13.8 Å². The van der Waals surface area contributed by atoms with Crippen molar-refractivity contribution in [2.75, 3.05) is 10.6 Å². The summed E-state index contributed by atoms with van der Waals surface area (Å²) in [5.41, 5.74) is 4.55. The van der Waals surface area contributed by atoms with Crippen molar-refractivity contribution in [3.8, 4) is 5.69 Å². The minimum Gasteiger partial charge on any atom is -0.308 e. The number of hydrogen-bond donors (Lipinski definition) is 2. The molecule has 3 rings (SSSR count). The van der Waals surface area contributed by atoms with Crippen molar-refractivity contribution in [1.82, 2.24) is 9.78 Å². The monoisotopic (exact) mass is 306 g/mol. The maximum absolute atomic E-state index is 12.0. The van der Waals surface area contributed by atoms with E-state index in [0.29, 0.717) is 0 Å². The van der Waals surface area contributed by atoms with Gasteiger partial charge in [-0.1, -0.05) is 17.7 Å². The lowest BCUT2D eigenvalue weighted by Gasteiger charge is -2.09. The zero-order valence-corrected chi connectivity index (χ0v) is 13.1. The van der Waals surface area contributed by atoms with Crippen LogP contribution in [0.3, 0.4) is 0 Å². The fraction of sp³-hybridized carbons (Fsp3) is 0.111. The Morgan fingerprint density at radius 3 is 1.96 bits per heavy atom. The molecule has 0 aliphatic carbocycles. The van der Waals surface area contributed by atoms with Crippen molar-refractivity contribution >= 4 is 17.4 Å². The lowest BCUT2D eigenvalue weighted by Crippen LogP contribution is -2.19. The van der Waals surface area contributed by atoms with Crippen LogP contribution in [0.5, 0.6) is 0 Å². The van der Waals surface area contributed by atoms with Gasteiger partial charge in [-0.2, -0.15) is 5.10 Å². The standard InChI is InChI=1S/C18H18N4O/c1-13-3-5-15(6-4-13)19-18(23)20-16-7-9-17(10-8-16)22-12-11-14(2)21-22/h3-12H,1-2H3,(H2,19,20,23). The first-order valence-corrected chi connectivity index (χ1v) is 7.37. The maximum Gasteiger partial charge on any atom is 0.323 e. The van der Waals surface area contributed by atoms with Crippen molar-refractivity contribution < 1.29 is 4.79 Å². The van der Waals surface area contributed by atoms with Gasteiger partial charge < -0.3 is 10.6 Å². The highest BCUT2D eigenvalue weighted by Gasteiger charge is 2.03. The Kier molecular flexibility index (Phi) is 4.10. The smallest absolute Gasteiger partial charge is 0.308 e. The Labute approximate surface area is 135 Å². The summed E-state index contributed by atoms with van der Waals surface area (Å²) in [6, 6.07) is 16.9. The Balaban J connectivity index is 1.63. The highest BCUT2D eigenvalue weighted by atomic mass is 16.2. The highest BCUT2D eigenvalue weighted by Crippen LogP contribution is 2.14. The molecule has 0 unspecified atom stereocenters. The highest BCUT2D eigenvalue weighted by molar-refractivity contribution is 5.99. The van der Waals surface area contributed by atoms with Crippen molar-refractivity contribution in [3.05, 3.63) is 72.1 Å². The van der Waals surface area contributed by atoms with Gasteiger partial charge in [-0.3, -0.25) is 0 Å². The van der Waals surface area contributed by atoms with Gasteiger partial charge in [-0.25, -0.2) is 9.48 Å². The number of carbonyl (C=O) groups excluding carboxylic acids is 1. The molecular weight excluding hydrogens is 288 g/mol. The zero-order valence-electron chi connectivity index (χ0n) is 13.1. The minimum atomic E-state index is -0.267. The third-order valence-electron chi connectivity index (χ3n) is 3.42. The van der Waals surface area contributed by atoms with Crippen LogP contribution in [0.4, 0.5) is 16.2 Å². The predicted octanol–water partition coefficient (Wildman–Crippen LogP) is 4.13. The van der Waals surface area contributed by atoms with Gasteiger partial charge in [-0.15, -0.1) is 0 Å². The van der Waals surface area contributed by atoms with E-state index in [1.54, 1.807) is 4.68 Å². The molecule has 0 aliphatic rings. The predicted molar refractivity (Wildman–Crippen MR) is 92.1 cm³/mol. The zero-order chi connectivity index (χ0) is 16.2. The molecule has 0 saturated heterocycles. The summed E-state index contributed by atoms with van der Waals surface area (Å²) in [5, 5.41) is 9.96. The number of aromatic nitrogens is 2. The minimum absolute atomic E-state index is 0.267. The third-order valence-corrected chi connectivity index (χ3v) is 3.42. The normalized spacial score (nSPS) is 10.3. The van der Waals surface area contributed by atoms with Gasteiger partial charge in [0.1, 0.15) is 0 Å². The van der Waals surface area contributed by atoms with Crippen LogP contribution in [-0.4, -0.2) is 15.8 Å². The first kappa shape index (κ1) is 14.8. The van der Waals surface area contributed by atoms with Crippen molar-refractivity contribution in [2.24, 2.45) is 0 Å². The number of carbonyl (C=O) groups is 1. The molecule has 5 nitrogen and oxygen atoms in total. The molecule has 2 aromatic carbocycles. The number of nitrogens with one attached hydrogen (secondary N) is 2. The summed E-state index contributed by atoms with van der Waals surface area (Å²) in [4.78, 5) is 12.0. The number of nitrogens with zero attached hydrogens (tertiary/aromatic N) is 2. The molecule has 2 amide bonds. The summed E-state index contributed by atoms with van der Waals surface area (Å²) >= 11 is 0. The SMILES string of the molecule is Cc1ccc(NC(=O)Nc2ccc(-n3ccc(C)n3)cc2)cc1. The summed E-state index contributed by atoms with van der Waals surface area (Å²) < 4.78 is 1.80. The molecule has 0 atom stereocenters. The molecule has 5 heteroatoms. The molecule has 0 aliphatic heterocycles. The quantitative estimate of drug-likeness (QED) is 0.764. The Morgan fingerprint density at radius 1 is 0.870 bits per heavy atom. The summed E-state index contributed by atoms with van der Waals surface area (Å²) in [6.07, 6.45) is 1.90. The fourth-order valence-corrected chi connectivity index (χ4v) is 2.19. The van der Waals surface area contributed by atoms with Crippen LogP contribution < -0.4 is 10.6 Å². The largest absolute Gasteiger partial charge is 0.323 e. The topological polar surface area (TPSA) is 59.0 Å². The van der Waals surface area contributed by atoms with Gasteiger partial charge >= 0.3 is 6.03 Å². The molecule has 0 spiro atoms. The summed E-state index contributed by atoms with van der Waals surface area (Å²) in [5.74, 6) is 0. The maximum atomic E-state index is 12.0. The van der Waals surface area contributed by atoms with Gasteiger partial charge in [0.25, 0.3) is 0 Å². The van der Waals surface area contributed by atoms with Crippen LogP contribution >= 0.6 is 0 Å². The second kappa shape index (κ2) is 6.36. The average molecular weight is 306 g/mol. The van der Waals surface area contributed by atoms with Gasteiger partial charge in [-0.05, 0) is 56.3 Å². The van der Waals surface area contributed by atoms with Gasteiger partial charge in [0.15, 0.2) is 0 Å². The number of amides is 2. The van der Waals surface area contributed by atoms with Crippen LogP contribution in [0.2, 0.25) is 0 Å². The first-order valence-electron chi connectivity index (χ1n) is 7.37. The van der Waals surface area contributed by atoms with Gasteiger partial charge in [0.2, 0.25) is 0 Å². The first-order chi connectivity index (χ1) is 11.1. The second-order valence-corrected chi connectivity index (χ2v) is 5.39. The molecular formula is C18H18N4O. The van der Waals surface area contributed by atoms with Crippen molar-refractivity contribution in [3.63, 3.8) is 0 Å². The van der Waals surface area contributed by atoms with E-state index in [-0.39, 0.29) is 6.03 Å². The van der Waals surface area contributed by atoms with E-state index in [1.807, 2.05) is 74.6 Å². The molecule has 23 heavy (non-hydrogen) atoms. The Morgan fingerprint density at radius 2 is 1.43 bits per heavy atom. The van der Waals surface area contributed by atoms with Crippen LogP contribution in [0.15, 0.2) is 60.8 Å². The number of rotatable bonds is 3. The second-order valence-electron chi connectivity index (χ2n) is 5.39. The molecule has 0 fully saturated rings. The Bertz CT molecular complexity index is 804. The molecule has 0 saturated carbocycles. The summed E-state index contributed by atoms with van der Waals surface area (Å²) in [6.45, 7) is 3.95. The van der Waals surface area contributed by atoms with Crippen LogP contribution in [0.25, 0.3) is 5.69 Å². The van der Waals surface area contributed by atoms with Crippen molar-refractivity contribution in [1.29, 1.82) is 0 Å². The van der Waals surface area contributed by atoms with Gasteiger partial charge in [0, 0.05) is 17.6 Å². The number of urea groups is 1. The number of hydrogen-bond acceptors (Lipinski definition) is 2. The molecule has 1 aromatic heterocycles. The molecule has 0 bridgehead atoms. The number of aryl methyl sites for hydroxylation is 2. The van der Waals surface area contributed by atoms with E-state index in [2.05, 4.69) is 15.7 Å². The van der Waals surface area contributed by atoms with Gasteiger partial charge in [0.05, 0.1) is 11.4 Å². The van der Waals surface area contributed by atoms with Crippen LogP contribution in [-0.2, 0) is 0 Å². The van der Waals surface area contributed by atoms with E-state index >= 15 is 0 Å². The number of anilines is 2. The van der Waals surface area contributed by atoms with Crippen LogP contribution in [0.1, 0.15) is 11.3 Å². The molecule has 116 valence electrons. The molecule has 1 heterocycles. The molecule has 3 aromatic rings. The van der Waals surface area contributed by atoms with E-state index in [0.717, 1.165) is 28.3 Å². The average Bonchev–Trinajstić information content (AvgIpc) is 2.97. The number of benzene rings is 2. The van der Waals surface area contributed by atoms with E-state index in [4.69, 9.17) is 0 Å². The van der Waals surface area contributed by atoms with E-state index in [9.17, 15) is 4.79 Å². The van der Waals surface area contributed by atoms with Crippen LogP contribution in [0, 0.1) is 13.8 Å². The molecule has 2 N–H and O–H groups in total. The Hall–Kier alpha value is -3.08.